The predicted molar refractivity (Wildman–Crippen MR) is 107 cm³/mol. The van der Waals surface area contributed by atoms with Gasteiger partial charge in [0.1, 0.15) is 6.54 Å². The number of benzene rings is 1. The van der Waals surface area contributed by atoms with E-state index in [1.54, 1.807) is 13.0 Å². The van der Waals surface area contributed by atoms with E-state index in [4.69, 9.17) is 23.2 Å². The summed E-state index contributed by atoms with van der Waals surface area (Å²) >= 11 is 12.3. The van der Waals surface area contributed by atoms with Crippen molar-refractivity contribution in [2.24, 2.45) is 0 Å². The number of carbonyl (C=O) groups is 2. The van der Waals surface area contributed by atoms with Crippen LogP contribution in [0.3, 0.4) is 0 Å². The molecular weight excluding hydrogens is 385 g/mol. The molecule has 27 heavy (non-hydrogen) atoms. The highest BCUT2D eigenvalue weighted by molar-refractivity contribution is 6.34. The van der Waals surface area contributed by atoms with Crippen LogP contribution < -0.4 is 4.90 Å². The number of aryl methyl sites for hydroxylation is 1. The summed E-state index contributed by atoms with van der Waals surface area (Å²) in [7, 11) is 0. The smallest absolute Gasteiger partial charge is 0.219 e. The van der Waals surface area contributed by atoms with Crippen molar-refractivity contribution in [3.8, 4) is 5.69 Å². The van der Waals surface area contributed by atoms with Gasteiger partial charge in [-0.3, -0.25) is 9.59 Å². The van der Waals surface area contributed by atoms with Gasteiger partial charge in [-0.2, -0.15) is 0 Å². The molecule has 1 N–H and O–H groups in total. The number of rotatable bonds is 4. The van der Waals surface area contributed by atoms with Gasteiger partial charge in [-0.1, -0.05) is 23.2 Å². The van der Waals surface area contributed by atoms with Crippen molar-refractivity contribution in [2.75, 3.05) is 32.7 Å². The number of hydrogen-bond acceptors (Lipinski definition) is 2. The normalized spacial score (nSPS) is 15.2. The third-order valence-electron chi connectivity index (χ3n) is 5.16. The summed E-state index contributed by atoms with van der Waals surface area (Å²) in [6.07, 6.45) is 0. The average Bonchev–Trinajstić information content (AvgIpc) is 2.89. The van der Waals surface area contributed by atoms with Crippen LogP contribution in [0.5, 0.6) is 0 Å². The maximum absolute atomic E-state index is 12.9. The van der Waals surface area contributed by atoms with Crippen LogP contribution in [0, 0.1) is 13.8 Å². The molecule has 0 aliphatic carbocycles. The molecule has 7 heteroatoms. The number of ketones is 1. The summed E-state index contributed by atoms with van der Waals surface area (Å²) in [6.45, 7) is 8.95. The van der Waals surface area contributed by atoms with Crippen LogP contribution in [-0.4, -0.2) is 53.9 Å². The minimum absolute atomic E-state index is 0.101. The number of amides is 1. The van der Waals surface area contributed by atoms with Crippen LogP contribution in [0.4, 0.5) is 0 Å². The fraction of sp³-hybridized carbons (Fsp3) is 0.400. The van der Waals surface area contributed by atoms with Gasteiger partial charge in [-0.05, 0) is 38.1 Å². The van der Waals surface area contributed by atoms with Gasteiger partial charge < -0.3 is 14.4 Å². The lowest BCUT2D eigenvalue weighted by Crippen LogP contribution is -3.15. The number of carbonyl (C=O) groups excluding carboxylic acids is 2. The van der Waals surface area contributed by atoms with Crippen LogP contribution in [0.2, 0.25) is 10.0 Å². The number of piperazine rings is 1. The van der Waals surface area contributed by atoms with E-state index < -0.39 is 0 Å². The average molecular weight is 409 g/mol. The maximum atomic E-state index is 12.9. The van der Waals surface area contributed by atoms with Gasteiger partial charge in [0.05, 0.1) is 26.2 Å². The molecular formula is C20H24Cl2N3O2+. The van der Waals surface area contributed by atoms with Crippen LogP contribution in [0.15, 0.2) is 24.3 Å². The van der Waals surface area contributed by atoms with Gasteiger partial charge in [-0.25, -0.2) is 0 Å². The fourth-order valence-electron chi connectivity index (χ4n) is 3.75. The van der Waals surface area contributed by atoms with Gasteiger partial charge in [0.15, 0.2) is 0 Å². The van der Waals surface area contributed by atoms with E-state index in [0.29, 0.717) is 29.7 Å². The molecule has 2 aromatic rings. The summed E-state index contributed by atoms with van der Waals surface area (Å²) in [5, 5.41) is 1.12. The molecule has 5 nitrogen and oxygen atoms in total. The maximum Gasteiger partial charge on any atom is 0.219 e. The van der Waals surface area contributed by atoms with E-state index in [2.05, 4.69) is 0 Å². The quantitative estimate of drug-likeness (QED) is 0.789. The van der Waals surface area contributed by atoms with E-state index in [0.717, 1.165) is 35.7 Å². The van der Waals surface area contributed by atoms with Crippen molar-refractivity contribution < 1.29 is 14.5 Å². The monoisotopic (exact) mass is 408 g/mol. The molecule has 1 saturated heterocycles. The second kappa shape index (κ2) is 8.05. The number of Topliss-reactive ketones (excluding diaryl/α,β-unsaturated/α-hetero) is 1. The first-order valence-electron chi connectivity index (χ1n) is 9.04. The third-order valence-corrected chi connectivity index (χ3v) is 5.60. The highest BCUT2D eigenvalue weighted by Crippen LogP contribution is 2.26. The van der Waals surface area contributed by atoms with Crippen molar-refractivity contribution in [2.45, 2.75) is 20.8 Å². The third kappa shape index (κ3) is 4.37. The first-order valence-corrected chi connectivity index (χ1v) is 9.79. The second-order valence-corrected chi connectivity index (χ2v) is 7.98. The molecule has 0 spiro atoms. The predicted octanol–water partition coefficient (Wildman–Crippen LogP) is 2.33. The molecule has 0 atom stereocenters. The SMILES string of the molecule is CC(=O)N1CC[NH+](CC(=O)c2cc(C)n(-c3cc(Cl)cc(Cl)c3)c2C)CC1. The van der Waals surface area contributed by atoms with Crippen molar-refractivity contribution in [1.29, 1.82) is 0 Å². The highest BCUT2D eigenvalue weighted by Gasteiger charge is 2.26. The molecule has 0 bridgehead atoms. The number of halogens is 2. The standard InChI is InChI=1S/C20H23Cl2N3O2/c1-13-8-19(14(2)25(13)18-10-16(21)9-17(22)11-18)20(27)12-23-4-6-24(7-5-23)15(3)26/h8-11H,4-7,12H2,1-3H3/p+1. The first kappa shape index (κ1) is 19.9. The Hall–Kier alpha value is -1.82. The molecule has 1 aromatic carbocycles. The largest absolute Gasteiger partial charge is 0.332 e. The Labute approximate surface area is 169 Å². The molecule has 1 aliphatic heterocycles. The van der Waals surface area contributed by atoms with Crippen molar-refractivity contribution in [3.63, 3.8) is 0 Å². The lowest BCUT2D eigenvalue weighted by atomic mass is 10.1. The lowest BCUT2D eigenvalue weighted by molar-refractivity contribution is -0.895. The summed E-state index contributed by atoms with van der Waals surface area (Å²) in [5.74, 6) is 0.220. The van der Waals surface area contributed by atoms with E-state index in [1.165, 1.54) is 4.90 Å². The van der Waals surface area contributed by atoms with Gasteiger partial charge in [0, 0.05) is 39.6 Å². The summed E-state index contributed by atoms with van der Waals surface area (Å²) in [4.78, 5) is 27.4. The molecule has 0 radical (unpaired) electrons. The van der Waals surface area contributed by atoms with Crippen molar-refractivity contribution >= 4 is 34.9 Å². The van der Waals surface area contributed by atoms with E-state index in [9.17, 15) is 9.59 Å². The molecule has 144 valence electrons. The van der Waals surface area contributed by atoms with Crippen LogP contribution >= 0.6 is 23.2 Å². The molecule has 1 aromatic heterocycles. The summed E-state index contributed by atoms with van der Waals surface area (Å²) in [6, 6.07) is 7.30. The number of nitrogens with one attached hydrogen (secondary N) is 1. The van der Waals surface area contributed by atoms with Crippen molar-refractivity contribution in [3.05, 3.63) is 51.3 Å². The zero-order valence-electron chi connectivity index (χ0n) is 15.8. The molecule has 1 aliphatic rings. The molecule has 2 heterocycles. The molecule has 3 rings (SSSR count). The van der Waals surface area contributed by atoms with Crippen molar-refractivity contribution in [1.82, 2.24) is 9.47 Å². The number of quaternary nitrogens is 1. The van der Waals surface area contributed by atoms with Crippen LogP contribution in [-0.2, 0) is 4.79 Å². The minimum Gasteiger partial charge on any atom is -0.332 e. The first-order chi connectivity index (χ1) is 12.8. The fourth-order valence-corrected chi connectivity index (χ4v) is 4.26. The zero-order chi connectivity index (χ0) is 19.7. The Bertz CT molecular complexity index is 863. The molecule has 1 fully saturated rings. The zero-order valence-corrected chi connectivity index (χ0v) is 17.3. The Morgan fingerprint density at radius 2 is 1.63 bits per heavy atom. The molecule has 0 saturated carbocycles. The number of nitrogens with zero attached hydrogens (tertiary/aromatic N) is 2. The summed E-state index contributed by atoms with van der Waals surface area (Å²) in [5.41, 5.74) is 3.43. The van der Waals surface area contributed by atoms with Gasteiger partial charge in [0.2, 0.25) is 11.7 Å². The molecule has 1 amide bonds. The van der Waals surface area contributed by atoms with E-state index >= 15 is 0 Å². The Morgan fingerprint density at radius 3 is 2.19 bits per heavy atom. The second-order valence-electron chi connectivity index (χ2n) is 7.10. The number of aromatic nitrogens is 1. The van der Waals surface area contributed by atoms with E-state index in [1.807, 2.05) is 41.5 Å². The Balaban J connectivity index is 1.78. The van der Waals surface area contributed by atoms with Crippen LogP contribution in [0.1, 0.15) is 28.7 Å². The summed E-state index contributed by atoms with van der Waals surface area (Å²) < 4.78 is 2.01. The lowest BCUT2D eigenvalue weighted by Gasteiger charge is -2.31. The van der Waals surface area contributed by atoms with E-state index in [-0.39, 0.29) is 11.7 Å². The van der Waals surface area contributed by atoms with Gasteiger partial charge >= 0.3 is 0 Å². The number of hydrogen-bond donors (Lipinski definition) is 1. The topological polar surface area (TPSA) is 46.8 Å². The highest BCUT2D eigenvalue weighted by atomic mass is 35.5. The molecule has 0 unspecified atom stereocenters. The van der Waals surface area contributed by atoms with Gasteiger partial charge in [0.25, 0.3) is 0 Å². The van der Waals surface area contributed by atoms with Gasteiger partial charge in [-0.15, -0.1) is 0 Å². The van der Waals surface area contributed by atoms with Crippen LogP contribution in [0.25, 0.3) is 5.69 Å². The Kier molecular flexibility index (Phi) is 5.94. The Morgan fingerprint density at radius 1 is 1.04 bits per heavy atom. The minimum atomic E-state index is 0.101.